The third kappa shape index (κ3) is 3.50. The fourth-order valence-corrected chi connectivity index (χ4v) is 2.74. The Bertz CT molecular complexity index is 906. The van der Waals surface area contributed by atoms with Gasteiger partial charge in [-0.1, -0.05) is 42.5 Å². The maximum atomic E-state index is 12.2. The maximum absolute atomic E-state index is 12.2. The molecule has 0 spiro atoms. The van der Waals surface area contributed by atoms with Gasteiger partial charge in [-0.15, -0.1) is 0 Å². The van der Waals surface area contributed by atoms with Gasteiger partial charge in [-0.05, 0) is 51.6 Å². The van der Waals surface area contributed by atoms with Gasteiger partial charge in [0.1, 0.15) is 5.75 Å². The number of phenols is 1. The van der Waals surface area contributed by atoms with Crippen LogP contribution in [0, 0.1) is 3.57 Å². The number of hydrazone groups is 1. The second-order valence-electron chi connectivity index (χ2n) is 4.94. The van der Waals surface area contributed by atoms with Crippen molar-refractivity contribution in [2.45, 2.75) is 0 Å². The number of carbonyl (C=O) groups is 1. The molecule has 3 aromatic rings. The highest BCUT2D eigenvalue weighted by Crippen LogP contribution is 2.24. The van der Waals surface area contributed by atoms with Crippen LogP contribution in [0.2, 0.25) is 0 Å². The number of nitrogens with zero attached hydrogens (tertiary/aromatic N) is 1. The molecular weight excluding hydrogens is 403 g/mol. The highest BCUT2D eigenvalue weighted by molar-refractivity contribution is 14.1. The molecule has 114 valence electrons. The fraction of sp³-hybridized carbons (Fsp3) is 0. The van der Waals surface area contributed by atoms with Gasteiger partial charge in [0.15, 0.2) is 0 Å². The molecule has 0 saturated carbocycles. The standard InChI is InChI=1S/C18H13IN2O2/c19-16-8-4-3-7-14(16)11-20-21-18(23)15-9-12-5-1-2-6-13(12)10-17(15)22/h1-11,22H,(H,21,23). The Kier molecular flexibility index (Phi) is 4.57. The van der Waals surface area contributed by atoms with Gasteiger partial charge in [-0.2, -0.15) is 5.10 Å². The largest absolute Gasteiger partial charge is 0.507 e. The molecule has 0 aliphatic heterocycles. The van der Waals surface area contributed by atoms with Crippen molar-refractivity contribution in [2.75, 3.05) is 0 Å². The molecule has 0 aliphatic rings. The summed E-state index contributed by atoms with van der Waals surface area (Å²) in [4.78, 5) is 12.2. The van der Waals surface area contributed by atoms with Crippen LogP contribution in [-0.2, 0) is 0 Å². The van der Waals surface area contributed by atoms with E-state index in [2.05, 4.69) is 33.1 Å². The van der Waals surface area contributed by atoms with Crippen molar-refractivity contribution in [2.24, 2.45) is 5.10 Å². The molecule has 1 amide bonds. The maximum Gasteiger partial charge on any atom is 0.275 e. The van der Waals surface area contributed by atoms with Crippen LogP contribution in [0.1, 0.15) is 15.9 Å². The molecule has 0 bridgehead atoms. The molecule has 0 aromatic heterocycles. The molecule has 3 rings (SSSR count). The Labute approximate surface area is 147 Å². The highest BCUT2D eigenvalue weighted by atomic mass is 127. The summed E-state index contributed by atoms with van der Waals surface area (Å²) in [6, 6.07) is 18.5. The quantitative estimate of drug-likeness (QED) is 0.387. The van der Waals surface area contributed by atoms with E-state index in [0.717, 1.165) is 19.9 Å². The summed E-state index contributed by atoms with van der Waals surface area (Å²) < 4.78 is 1.04. The van der Waals surface area contributed by atoms with Crippen LogP contribution in [0.3, 0.4) is 0 Å². The molecule has 0 aliphatic carbocycles. The minimum atomic E-state index is -0.449. The highest BCUT2D eigenvalue weighted by Gasteiger charge is 2.11. The molecule has 0 fully saturated rings. The first-order valence-corrected chi connectivity index (χ1v) is 8.03. The lowest BCUT2D eigenvalue weighted by molar-refractivity contribution is 0.0952. The first kappa shape index (κ1) is 15.5. The number of aromatic hydroxyl groups is 1. The monoisotopic (exact) mass is 416 g/mol. The molecule has 0 unspecified atom stereocenters. The lowest BCUT2D eigenvalue weighted by Gasteiger charge is -2.05. The van der Waals surface area contributed by atoms with Crippen LogP contribution in [-0.4, -0.2) is 17.2 Å². The number of rotatable bonds is 3. The Hall–Kier alpha value is -2.41. The normalized spacial score (nSPS) is 11.0. The van der Waals surface area contributed by atoms with Gasteiger partial charge in [0, 0.05) is 9.13 Å². The second kappa shape index (κ2) is 6.78. The van der Waals surface area contributed by atoms with E-state index in [1.807, 2.05) is 48.5 Å². The van der Waals surface area contributed by atoms with Crippen molar-refractivity contribution in [1.29, 1.82) is 0 Å². The zero-order valence-corrected chi connectivity index (χ0v) is 14.2. The average molecular weight is 416 g/mol. The summed E-state index contributed by atoms with van der Waals surface area (Å²) in [5.74, 6) is -0.513. The van der Waals surface area contributed by atoms with Gasteiger partial charge in [-0.25, -0.2) is 5.43 Å². The van der Waals surface area contributed by atoms with Gasteiger partial charge >= 0.3 is 0 Å². The summed E-state index contributed by atoms with van der Waals surface area (Å²) >= 11 is 2.20. The van der Waals surface area contributed by atoms with E-state index >= 15 is 0 Å². The van der Waals surface area contributed by atoms with E-state index in [1.54, 1.807) is 18.3 Å². The van der Waals surface area contributed by atoms with Crippen molar-refractivity contribution in [3.05, 3.63) is 75.4 Å². The van der Waals surface area contributed by atoms with Gasteiger partial charge < -0.3 is 5.11 Å². The zero-order chi connectivity index (χ0) is 16.2. The van der Waals surface area contributed by atoms with Crippen molar-refractivity contribution >= 4 is 45.5 Å². The molecule has 0 radical (unpaired) electrons. The van der Waals surface area contributed by atoms with Crippen molar-refractivity contribution in [3.8, 4) is 5.75 Å². The number of nitrogens with one attached hydrogen (secondary N) is 1. The molecule has 0 heterocycles. The van der Waals surface area contributed by atoms with Gasteiger partial charge in [0.2, 0.25) is 0 Å². The number of carbonyl (C=O) groups excluding carboxylic acids is 1. The van der Waals surface area contributed by atoms with Crippen molar-refractivity contribution in [3.63, 3.8) is 0 Å². The van der Waals surface area contributed by atoms with Crippen molar-refractivity contribution in [1.82, 2.24) is 5.43 Å². The minimum Gasteiger partial charge on any atom is -0.507 e. The first-order chi connectivity index (χ1) is 11.1. The number of fused-ring (bicyclic) bond motifs is 1. The first-order valence-electron chi connectivity index (χ1n) is 6.95. The summed E-state index contributed by atoms with van der Waals surface area (Å²) in [6.07, 6.45) is 1.58. The Morgan fingerprint density at radius 1 is 1.04 bits per heavy atom. The van der Waals surface area contributed by atoms with Crippen LogP contribution in [0.5, 0.6) is 5.75 Å². The molecule has 3 aromatic carbocycles. The van der Waals surface area contributed by atoms with E-state index in [-0.39, 0.29) is 11.3 Å². The van der Waals surface area contributed by atoms with Gasteiger partial charge in [0.05, 0.1) is 11.8 Å². The predicted octanol–water partition coefficient (Wildman–Crippen LogP) is 3.91. The Morgan fingerprint density at radius 2 is 1.70 bits per heavy atom. The van der Waals surface area contributed by atoms with Crippen LogP contribution in [0.15, 0.2) is 65.8 Å². The lowest BCUT2D eigenvalue weighted by atomic mass is 10.1. The third-order valence-electron chi connectivity index (χ3n) is 3.38. The fourth-order valence-electron chi connectivity index (χ4n) is 2.21. The number of halogens is 1. The van der Waals surface area contributed by atoms with E-state index in [1.165, 1.54) is 0 Å². The molecule has 0 atom stereocenters. The zero-order valence-electron chi connectivity index (χ0n) is 12.0. The summed E-state index contributed by atoms with van der Waals surface area (Å²) in [5.41, 5.74) is 3.56. The van der Waals surface area contributed by atoms with Crippen molar-refractivity contribution < 1.29 is 9.90 Å². The number of benzene rings is 3. The SMILES string of the molecule is O=C(NN=Cc1ccccc1I)c1cc2ccccc2cc1O. The van der Waals surface area contributed by atoms with E-state index in [4.69, 9.17) is 0 Å². The van der Waals surface area contributed by atoms with Crippen LogP contribution in [0.25, 0.3) is 10.8 Å². The summed E-state index contributed by atoms with van der Waals surface area (Å²) in [7, 11) is 0. The van der Waals surface area contributed by atoms with E-state index in [9.17, 15) is 9.90 Å². The third-order valence-corrected chi connectivity index (χ3v) is 4.37. The average Bonchev–Trinajstić information content (AvgIpc) is 2.56. The number of hydrogen-bond donors (Lipinski definition) is 2. The summed E-state index contributed by atoms with van der Waals surface area (Å²) in [6.45, 7) is 0. The molecule has 0 saturated heterocycles. The second-order valence-corrected chi connectivity index (χ2v) is 6.10. The molecule has 2 N–H and O–H groups in total. The summed E-state index contributed by atoms with van der Waals surface area (Å²) in [5, 5.41) is 15.7. The number of amides is 1. The molecule has 23 heavy (non-hydrogen) atoms. The smallest absolute Gasteiger partial charge is 0.275 e. The van der Waals surface area contributed by atoms with Gasteiger partial charge in [-0.3, -0.25) is 4.79 Å². The molecular formula is C18H13IN2O2. The topological polar surface area (TPSA) is 61.7 Å². The lowest BCUT2D eigenvalue weighted by Crippen LogP contribution is -2.17. The molecule has 4 nitrogen and oxygen atoms in total. The molecule has 5 heteroatoms. The number of phenolic OH excluding ortho intramolecular Hbond substituents is 1. The minimum absolute atomic E-state index is 0.0642. The van der Waals surface area contributed by atoms with E-state index in [0.29, 0.717) is 0 Å². The van der Waals surface area contributed by atoms with E-state index < -0.39 is 5.91 Å². The Morgan fingerprint density at radius 3 is 2.43 bits per heavy atom. The van der Waals surface area contributed by atoms with Crippen LogP contribution < -0.4 is 5.43 Å². The van der Waals surface area contributed by atoms with Crippen LogP contribution in [0.4, 0.5) is 0 Å². The Balaban J connectivity index is 1.81. The number of hydrogen-bond acceptors (Lipinski definition) is 3. The van der Waals surface area contributed by atoms with Crippen LogP contribution >= 0.6 is 22.6 Å². The van der Waals surface area contributed by atoms with Gasteiger partial charge in [0.25, 0.3) is 5.91 Å². The predicted molar refractivity (Wildman–Crippen MR) is 99.8 cm³/mol.